The van der Waals surface area contributed by atoms with Crippen molar-refractivity contribution in [2.24, 2.45) is 0 Å². The van der Waals surface area contributed by atoms with Gasteiger partial charge in [0.15, 0.2) is 0 Å². The van der Waals surface area contributed by atoms with Gasteiger partial charge in [0.1, 0.15) is 5.82 Å². The van der Waals surface area contributed by atoms with Crippen molar-refractivity contribution in [1.82, 2.24) is 4.98 Å². The van der Waals surface area contributed by atoms with Crippen molar-refractivity contribution in [3.63, 3.8) is 0 Å². The number of nitrogens with one attached hydrogen (secondary N) is 1. The van der Waals surface area contributed by atoms with Crippen LogP contribution in [0.4, 0.5) is 5.82 Å². The molecule has 3 rings (SSSR count). The summed E-state index contributed by atoms with van der Waals surface area (Å²) in [5.41, 5.74) is 1.07. The summed E-state index contributed by atoms with van der Waals surface area (Å²) < 4.78 is 0. The van der Waals surface area contributed by atoms with Crippen LogP contribution in [0.5, 0.6) is 0 Å². The van der Waals surface area contributed by atoms with E-state index in [2.05, 4.69) is 34.6 Å². The summed E-state index contributed by atoms with van der Waals surface area (Å²) in [6.07, 6.45) is 0. The number of aromatic nitrogens is 1. The minimum Gasteiger partial charge on any atom is -0.368 e. The SMILES string of the molecule is c1ccc2nc3c(cc2c1)SCCN3. The predicted octanol–water partition coefficient (Wildman–Crippen LogP) is 2.75. The number of anilines is 1. The molecule has 0 fully saturated rings. The zero-order valence-corrected chi connectivity index (χ0v) is 8.47. The number of nitrogens with zero attached hydrogens (tertiary/aromatic N) is 1. The van der Waals surface area contributed by atoms with E-state index in [1.165, 1.54) is 10.3 Å². The third-order valence-electron chi connectivity index (χ3n) is 2.34. The highest BCUT2D eigenvalue weighted by atomic mass is 32.2. The highest BCUT2D eigenvalue weighted by Gasteiger charge is 2.10. The molecule has 0 bridgehead atoms. The van der Waals surface area contributed by atoms with Gasteiger partial charge in [-0.05, 0) is 12.1 Å². The van der Waals surface area contributed by atoms with Crippen molar-refractivity contribution in [1.29, 1.82) is 0 Å². The van der Waals surface area contributed by atoms with Gasteiger partial charge in [0, 0.05) is 17.7 Å². The molecule has 0 spiro atoms. The summed E-state index contributed by atoms with van der Waals surface area (Å²) in [5.74, 6) is 2.17. The van der Waals surface area contributed by atoms with Crippen molar-refractivity contribution >= 4 is 28.5 Å². The van der Waals surface area contributed by atoms with Gasteiger partial charge in [-0.3, -0.25) is 0 Å². The lowest BCUT2D eigenvalue weighted by Gasteiger charge is -2.16. The lowest BCUT2D eigenvalue weighted by molar-refractivity contribution is 1.12. The highest BCUT2D eigenvalue weighted by molar-refractivity contribution is 7.99. The minimum atomic E-state index is 1.02. The number of pyridine rings is 1. The molecule has 2 heterocycles. The van der Waals surface area contributed by atoms with Crippen LogP contribution >= 0.6 is 11.8 Å². The predicted molar refractivity (Wildman–Crippen MR) is 61.0 cm³/mol. The Hall–Kier alpha value is -1.22. The molecular formula is C11H10N2S. The fourth-order valence-corrected chi connectivity index (χ4v) is 2.55. The molecule has 0 aliphatic carbocycles. The molecule has 1 aliphatic rings. The van der Waals surface area contributed by atoms with E-state index >= 15 is 0 Å². The molecule has 0 saturated heterocycles. The first-order valence-corrected chi connectivity index (χ1v) is 5.68. The van der Waals surface area contributed by atoms with E-state index in [0.717, 1.165) is 23.6 Å². The number of hydrogen-bond donors (Lipinski definition) is 1. The van der Waals surface area contributed by atoms with Gasteiger partial charge in [-0.1, -0.05) is 18.2 Å². The number of rotatable bonds is 0. The molecule has 70 valence electrons. The second-order valence-electron chi connectivity index (χ2n) is 3.30. The Labute approximate surface area is 86.7 Å². The molecule has 3 heteroatoms. The number of thioether (sulfide) groups is 1. The number of fused-ring (bicyclic) bond motifs is 2. The van der Waals surface area contributed by atoms with Crippen LogP contribution in [-0.4, -0.2) is 17.3 Å². The molecule has 0 saturated carbocycles. The molecule has 2 nitrogen and oxygen atoms in total. The van der Waals surface area contributed by atoms with Gasteiger partial charge >= 0.3 is 0 Å². The van der Waals surface area contributed by atoms with Gasteiger partial charge in [0.25, 0.3) is 0 Å². The maximum atomic E-state index is 4.58. The Kier molecular flexibility index (Phi) is 1.84. The van der Waals surface area contributed by atoms with Crippen LogP contribution in [-0.2, 0) is 0 Å². The van der Waals surface area contributed by atoms with Crippen molar-refractivity contribution in [3.8, 4) is 0 Å². The van der Waals surface area contributed by atoms with Gasteiger partial charge in [-0.25, -0.2) is 4.98 Å². The lowest BCUT2D eigenvalue weighted by Crippen LogP contribution is -2.11. The number of benzene rings is 1. The summed E-state index contributed by atoms with van der Waals surface area (Å²) in [4.78, 5) is 5.86. The average molecular weight is 202 g/mol. The monoisotopic (exact) mass is 202 g/mol. The first kappa shape index (κ1) is 8.12. The van der Waals surface area contributed by atoms with Gasteiger partial charge in [0.2, 0.25) is 0 Å². The Morgan fingerprint density at radius 3 is 3.21 bits per heavy atom. The quantitative estimate of drug-likeness (QED) is 0.711. The first-order valence-electron chi connectivity index (χ1n) is 4.70. The maximum absolute atomic E-state index is 4.58. The second kappa shape index (κ2) is 3.17. The smallest absolute Gasteiger partial charge is 0.140 e. The topological polar surface area (TPSA) is 24.9 Å². The Balaban J connectivity index is 2.27. The molecule has 2 aromatic rings. The largest absolute Gasteiger partial charge is 0.368 e. The normalized spacial score (nSPS) is 14.9. The fraction of sp³-hybridized carbons (Fsp3) is 0.182. The zero-order chi connectivity index (χ0) is 9.38. The van der Waals surface area contributed by atoms with Crippen molar-refractivity contribution in [3.05, 3.63) is 30.3 Å². The van der Waals surface area contributed by atoms with E-state index in [0.29, 0.717) is 0 Å². The highest BCUT2D eigenvalue weighted by Crippen LogP contribution is 2.31. The van der Waals surface area contributed by atoms with E-state index in [4.69, 9.17) is 0 Å². The molecule has 1 aliphatic heterocycles. The van der Waals surface area contributed by atoms with Gasteiger partial charge in [-0.15, -0.1) is 11.8 Å². The standard InChI is InChI=1S/C11H10N2S/c1-2-4-9-8(3-1)7-10-11(13-9)12-5-6-14-10/h1-4,7H,5-6H2,(H,12,13). The first-order chi connectivity index (χ1) is 6.93. The number of para-hydroxylation sites is 1. The molecule has 14 heavy (non-hydrogen) atoms. The van der Waals surface area contributed by atoms with Crippen LogP contribution in [0.15, 0.2) is 35.2 Å². The van der Waals surface area contributed by atoms with Crippen LogP contribution in [0.2, 0.25) is 0 Å². The van der Waals surface area contributed by atoms with E-state index < -0.39 is 0 Å². The Morgan fingerprint density at radius 2 is 2.21 bits per heavy atom. The maximum Gasteiger partial charge on any atom is 0.140 e. The second-order valence-corrected chi connectivity index (χ2v) is 4.44. The van der Waals surface area contributed by atoms with Gasteiger partial charge < -0.3 is 5.32 Å². The third kappa shape index (κ3) is 1.24. The van der Waals surface area contributed by atoms with Crippen LogP contribution < -0.4 is 5.32 Å². The van der Waals surface area contributed by atoms with E-state index in [1.807, 2.05) is 17.8 Å². The molecule has 0 amide bonds. The molecule has 1 N–H and O–H groups in total. The zero-order valence-electron chi connectivity index (χ0n) is 7.66. The Bertz CT molecular complexity index is 437. The van der Waals surface area contributed by atoms with Gasteiger partial charge in [0.05, 0.1) is 10.4 Å². The summed E-state index contributed by atoms with van der Waals surface area (Å²) >= 11 is 1.88. The van der Waals surface area contributed by atoms with E-state index in [-0.39, 0.29) is 0 Å². The van der Waals surface area contributed by atoms with Crippen LogP contribution in [0, 0.1) is 0 Å². The van der Waals surface area contributed by atoms with Crippen molar-refractivity contribution < 1.29 is 0 Å². The van der Waals surface area contributed by atoms with Crippen molar-refractivity contribution in [2.45, 2.75) is 4.90 Å². The summed E-state index contributed by atoms with van der Waals surface area (Å²) in [6, 6.07) is 10.5. The van der Waals surface area contributed by atoms with Crippen molar-refractivity contribution in [2.75, 3.05) is 17.6 Å². The molecular weight excluding hydrogens is 192 g/mol. The average Bonchev–Trinajstić information content (AvgIpc) is 2.26. The summed E-state index contributed by atoms with van der Waals surface area (Å²) in [5, 5.41) is 4.55. The molecule has 0 unspecified atom stereocenters. The van der Waals surface area contributed by atoms with Gasteiger partial charge in [-0.2, -0.15) is 0 Å². The van der Waals surface area contributed by atoms with Crippen LogP contribution in [0.25, 0.3) is 10.9 Å². The lowest BCUT2D eigenvalue weighted by atomic mass is 10.2. The van der Waals surface area contributed by atoms with Crippen LogP contribution in [0.3, 0.4) is 0 Å². The van der Waals surface area contributed by atoms with E-state index in [9.17, 15) is 0 Å². The number of hydrogen-bond acceptors (Lipinski definition) is 3. The third-order valence-corrected chi connectivity index (χ3v) is 3.37. The molecule has 0 radical (unpaired) electrons. The Morgan fingerprint density at radius 1 is 1.29 bits per heavy atom. The van der Waals surface area contributed by atoms with Crippen LogP contribution in [0.1, 0.15) is 0 Å². The molecule has 0 atom stereocenters. The minimum absolute atomic E-state index is 1.02. The molecule has 1 aromatic heterocycles. The summed E-state index contributed by atoms with van der Waals surface area (Å²) in [7, 11) is 0. The fourth-order valence-electron chi connectivity index (χ4n) is 1.66. The molecule has 1 aromatic carbocycles. The summed E-state index contributed by atoms with van der Waals surface area (Å²) in [6.45, 7) is 1.02. The van der Waals surface area contributed by atoms with E-state index in [1.54, 1.807) is 0 Å².